The van der Waals surface area contributed by atoms with Crippen LogP contribution in [0, 0.1) is 20.8 Å². The van der Waals surface area contributed by atoms with E-state index in [1.807, 2.05) is 38.1 Å². The molecule has 3 heteroatoms. The zero-order chi connectivity index (χ0) is 14.9. The van der Waals surface area contributed by atoms with Crippen molar-refractivity contribution in [2.75, 3.05) is 7.11 Å². The SMILES string of the molecule is COc1cc(C)c(C(N)c2ccc(Cl)cc2C)cc1C. The molecule has 0 aliphatic rings. The summed E-state index contributed by atoms with van der Waals surface area (Å²) in [5.41, 5.74) is 12.0. The number of rotatable bonds is 3. The quantitative estimate of drug-likeness (QED) is 0.913. The first kappa shape index (κ1) is 14.9. The van der Waals surface area contributed by atoms with Gasteiger partial charge < -0.3 is 10.5 Å². The molecule has 2 aromatic rings. The van der Waals surface area contributed by atoms with Crippen molar-refractivity contribution in [3.63, 3.8) is 0 Å². The number of methoxy groups -OCH3 is 1. The Kier molecular flexibility index (Phi) is 4.36. The molecule has 0 spiro atoms. The average molecular weight is 290 g/mol. The van der Waals surface area contributed by atoms with Gasteiger partial charge in [-0.25, -0.2) is 0 Å². The van der Waals surface area contributed by atoms with E-state index >= 15 is 0 Å². The van der Waals surface area contributed by atoms with Crippen LogP contribution in [-0.2, 0) is 0 Å². The van der Waals surface area contributed by atoms with Gasteiger partial charge in [-0.15, -0.1) is 0 Å². The Morgan fingerprint density at radius 1 is 0.950 bits per heavy atom. The highest BCUT2D eigenvalue weighted by Gasteiger charge is 2.15. The van der Waals surface area contributed by atoms with Gasteiger partial charge >= 0.3 is 0 Å². The minimum atomic E-state index is -0.156. The summed E-state index contributed by atoms with van der Waals surface area (Å²) in [6.45, 7) is 6.12. The van der Waals surface area contributed by atoms with Crippen LogP contribution in [0.2, 0.25) is 5.02 Å². The van der Waals surface area contributed by atoms with Gasteiger partial charge in [-0.05, 0) is 66.8 Å². The van der Waals surface area contributed by atoms with Crippen LogP contribution in [0.4, 0.5) is 0 Å². The first-order chi connectivity index (χ1) is 9.43. The molecule has 0 radical (unpaired) electrons. The van der Waals surface area contributed by atoms with Crippen molar-refractivity contribution in [2.24, 2.45) is 5.73 Å². The first-order valence-corrected chi connectivity index (χ1v) is 6.98. The standard InChI is InChI=1S/C17H20ClNO/c1-10-7-13(18)5-6-14(10)17(19)15-8-12(3)16(20-4)9-11(15)2/h5-9,17H,19H2,1-4H3. The van der Waals surface area contributed by atoms with E-state index in [1.165, 1.54) is 0 Å². The van der Waals surface area contributed by atoms with Crippen LogP contribution in [0.3, 0.4) is 0 Å². The molecule has 0 aliphatic heterocycles. The summed E-state index contributed by atoms with van der Waals surface area (Å²) in [6, 6.07) is 9.82. The lowest BCUT2D eigenvalue weighted by Crippen LogP contribution is -2.15. The molecular weight excluding hydrogens is 270 g/mol. The van der Waals surface area contributed by atoms with Crippen LogP contribution in [0.25, 0.3) is 0 Å². The third kappa shape index (κ3) is 2.82. The van der Waals surface area contributed by atoms with Crippen molar-refractivity contribution in [3.8, 4) is 5.75 Å². The second kappa shape index (κ2) is 5.86. The van der Waals surface area contributed by atoms with Gasteiger partial charge in [0.05, 0.1) is 13.2 Å². The molecule has 106 valence electrons. The van der Waals surface area contributed by atoms with E-state index in [2.05, 4.69) is 13.0 Å². The molecule has 2 N–H and O–H groups in total. The van der Waals surface area contributed by atoms with Gasteiger partial charge in [-0.3, -0.25) is 0 Å². The van der Waals surface area contributed by atoms with E-state index in [0.29, 0.717) is 0 Å². The Labute approximate surface area is 125 Å². The lowest BCUT2D eigenvalue weighted by atomic mass is 9.91. The topological polar surface area (TPSA) is 35.2 Å². The summed E-state index contributed by atoms with van der Waals surface area (Å²) < 4.78 is 5.35. The normalized spacial score (nSPS) is 12.3. The molecule has 1 unspecified atom stereocenters. The van der Waals surface area contributed by atoms with E-state index in [1.54, 1.807) is 7.11 Å². The summed E-state index contributed by atoms with van der Waals surface area (Å²) >= 11 is 6.01. The van der Waals surface area contributed by atoms with Crippen molar-refractivity contribution in [1.82, 2.24) is 0 Å². The molecule has 0 fully saturated rings. The zero-order valence-corrected chi connectivity index (χ0v) is 13.1. The minimum Gasteiger partial charge on any atom is -0.496 e. The van der Waals surface area contributed by atoms with E-state index < -0.39 is 0 Å². The summed E-state index contributed by atoms with van der Waals surface area (Å²) in [5.74, 6) is 0.895. The van der Waals surface area contributed by atoms with Crippen LogP contribution in [-0.4, -0.2) is 7.11 Å². The number of halogens is 1. The minimum absolute atomic E-state index is 0.156. The fourth-order valence-electron chi connectivity index (χ4n) is 2.52. The second-order valence-electron chi connectivity index (χ2n) is 5.16. The van der Waals surface area contributed by atoms with Crippen molar-refractivity contribution < 1.29 is 4.74 Å². The van der Waals surface area contributed by atoms with Crippen molar-refractivity contribution in [2.45, 2.75) is 26.8 Å². The average Bonchev–Trinajstić information content (AvgIpc) is 2.40. The molecule has 0 saturated heterocycles. The van der Waals surface area contributed by atoms with E-state index in [9.17, 15) is 0 Å². The monoisotopic (exact) mass is 289 g/mol. The molecule has 0 aromatic heterocycles. The molecule has 0 saturated carbocycles. The maximum Gasteiger partial charge on any atom is 0.122 e. The van der Waals surface area contributed by atoms with Crippen molar-refractivity contribution >= 4 is 11.6 Å². The molecule has 0 bridgehead atoms. The molecule has 0 heterocycles. The number of ether oxygens (including phenoxy) is 1. The van der Waals surface area contributed by atoms with E-state index in [4.69, 9.17) is 22.1 Å². The predicted molar refractivity (Wildman–Crippen MR) is 84.7 cm³/mol. The van der Waals surface area contributed by atoms with Crippen LogP contribution >= 0.6 is 11.6 Å². The maximum atomic E-state index is 6.44. The third-order valence-corrected chi connectivity index (χ3v) is 3.92. The predicted octanol–water partition coefficient (Wildman–Crippen LogP) is 4.32. The van der Waals surface area contributed by atoms with Gasteiger partial charge in [-0.2, -0.15) is 0 Å². The number of benzene rings is 2. The molecule has 20 heavy (non-hydrogen) atoms. The Bertz CT molecular complexity index is 637. The largest absolute Gasteiger partial charge is 0.496 e. The van der Waals surface area contributed by atoms with Gasteiger partial charge in [0.2, 0.25) is 0 Å². The summed E-state index contributed by atoms with van der Waals surface area (Å²) in [5, 5.41) is 0.737. The Morgan fingerprint density at radius 3 is 2.20 bits per heavy atom. The third-order valence-electron chi connectivity index (χ3n) is 3.69. The van der Waals surface area contributed by atoms with Crippen LogP contribution in [0.5, 0.6) is 5.75 Å². The van der Waals surface area contributed by atoms with Gasteiger partial charge in [0.25, 0.3) is 0 Å². The lowest BCUT2D eigenvalue weighted by Gasteiger charge is -2.19. The van der Waals surface area contributed by atoms with Gasteiger partial charge in [0, 0.05) is 5.02 Å². The fourth-order valence-corrected chi connectivity index (χ4v) is 2.75. The number of aryl methyl sites for hydroxylation is 3. The zero-order valence-electron chi connectivity index (χ0n) is 12.3. The highest BCUT2D eigenvalue weighted by molar-refractivity contribution is 6.30. The fraction of sp³-hybridized carbons (Fsp3) is 0.294. The Morgan fingerprint density at radius 2 is 1.60 bits per heavy atom. The highest BCUT2D eigenvalue weighted by atomic mass is 35.5. The van der Waals surface area contributed by atoms with Crippen molar-refractivity contribution in [1.29, 1.82) is 0 Å². The van der Waals surface area contributed by atoms with Crippen molar-refractivity contribution in [3.05, 3.63) is 63.2 Å². The number of hydrogen-bond donors (Lipinski definition) is 1. The maximum absolute atomic E-state index is 6.44. The Hall–Kier alpha value is -1.51. The van der Waals surface area contributed by atoms with Crippen LogP contribution < -0.4 is 10.5 Å². The first-order valence-electron chi connectivity index (χ1n) is 6.60. The molecule has 2 nitrogen and oxygen atoms in total. The van der Waals surface area contributed by atoms with E-state index in [0.717, 1.165) is 38.6 Å². The molecule has 0 aliphatic carbocycles. The smallest absolute Gasteiger partial charge is 0.122 e. The number of hydrogen-bond acceptors (Lipinski definition) is 2. The van der Waals surface area contributed by atoms with Gasteiger partial charge in [-0.1, -0.05) is 23.7 Å². The second-order valence-corrected chi connectivity index (χ2v) is 5.59. The Balaban J connectivity index is 2.48. The lowest BCUT2D eigenvalue weighted by molar-refractivity contribution is 0.411. The summed E-state index contributed by atoms with van der Waals surface area (Å²) in [6.07, 6.45) is 0. The number of nitrogens with two attached hydrogens (primary N) is 1. The molecular formula is C17H20ClNO. The summed E-state index contributed by atoms with van der Waals surface area (Å²) in [7, 11) is 1.69. The van der Waals surface area contributed by atoms with Gasteiger partial charge in [0.15, 0.2) is 0 Å². The molecule has 2 aromatic carbocycles. The molecule has 0 amide bonds. The molecule has 1 atom stereocenters. The van der Waals surface area contributed by atoms with Gasteiger partial charge in [0.1, 0.15) is 5.75 Å². The van der Waals surface area contributed by atoms with Crippen LogP contribution in [0.1, 0.15) is 33.9 Å². The molecule has 2 rings (SSSR count). The van der Waals surface area contributed by atoms with E-state index in [-0.39, 0.29) is 6.04 Å². The highest BCUT2D eigenvalue weighted by Crippen LogP contribution is 2.30. The van der Waals surface area contributed by atoms with Crippen LogP contribution in [0.15, 0.2) is 30.3 Å². The summed E-state index contributed by atoms with van der Waals surface area (Å²) in [4.78, 5) is 0.